The fourth-order valence-corrected chi connectivity index (χ4v) is 2.72. The van der Waals surface area contributed by atoms with Crippen molar-refractivity contribution < 1.29 is 14.6 Å². The van der Waals surface area contributed by atoms with Crippen molar-refractivity contribution in [1.82, 2.24) is 4.90 Å². The maximum atomic E-state index is 11.6. The third kappa shape index (κ3) is 2.70. The molecule has 0 spiro atoms. The zero-order valence-electron chi connectivity index (χ0n) is 12.5. The van der Waals surface area contributed by atoms with Gasteiger partial charge in [-0.15, -0.1) is 0 Å². The van der Waals surface area contributed by atoms with Crippen LogP contribution < -0.4 is 4.74 Å². The van der Waals surface area contributed by atoms with E-state index in [0.29, 0.717) is 25.0 Å². The maximum Gasteiger partial charge on any atom is 0.225 e. The normalized spacial score (nSPS) is 21.2. The highest BCUT2D eigenvalue weighted by Gasteiger charge is 2.42. The van der Waals surface area contributed by atoms with Crippen LogP contribution in [-0.4, -0.2) is 23.0 Å². The summed E-state index contributed by atoms with van der Waals surface area (Å²) in [6, 6.07) is 17.2. The van der Waals surface area contributed by atoms with Crippen LogP contribution in [0.4, 0.5) is 0 Å². The Kier molecular flexibility index (Phi) is 3.86. The first-order valence-corrected chi connectivity index (χ1v) is 7.36. The highest BCUT2D eigenvalue weighted by molar-refractivity contribution is 5.79. The number of carbonyl (C=O) groups is 1. The molecule has 1 fully saturated rings. The smallest absolute Gasteiger partial charge is 0.225 e. The van der Waals surface area contributed by atoms with E-state index >= 15 is 0 Å². The first-order valence-electron chi connectivity index (χ1n) is 7.36. The molecule has 1 atom stereocenters. The summed E-state index contributed by atoms with van der Waals surface area (Å²) >= 11 is 0. The molecule has 1 unspecified atom stereocenters. The van der Waals surface area contributed by atoms with Crippen molar-refractivity contribution in [1.29, 1.82) is 0 Å². The van der Waals surface area contributed by atoms with Gasteiger partial charge >= 0.3 is 0 Å². The molecule has 2 aromatic carbocycles. The van der Waals surface area contributed by atoms with Gasteiger partial charge in [-0.25, -0.2) is 0 Å². The molecule has 1 saturated heterocycles. The Morgan fingerprint density at radius 2 is 1.82 bits per heavy atom. The Bertz CT molecular complexity index is 654. The molecule has 4 nitrogen and oxygen atoms in total. The molecular weight excluding hydrogens is 278 g/mol. The minimum absolute atomic E-state index is 0.0353. The summed E-state index contributed by atoms with van der Waals surface area (Å²) in [6.07, 6.45) is 0.797. The van der Waals surface area contributed by atoms with Gasteiger partial charge < -0.3 is 14.7 Å². The minimum atomic E-state index is -1.20. The molecule has 0 bridgehead atoms. The van der Waals surface area contributed by atoms with Gasteiger partial charge in [0.1, 0.15) is 12.4 Å². The lowest BCUT2D eigenvalue weighted by Gasteiger charge is -2.31. The zero-order chi connectivity index (χ0) is 15.6. The van der Waals surface area contributed by atoms with Gasteiger partial charge in [-0.3, -0.25) is 4.79 Å². The van der Waals surface area contributed by atoms with E-state index in [1.54, 1.807) is 7.05 Å². The van der Waals surface area contributed by atoms with Crippen molar-refractivity contribution >= 4 is 5.91 Å². The van der Waals surface area contributed by atoms with Crippen LogP contribution >= 0.6 is 0 Å². The average Bonchev–Trinajstić information content (AvgIpc) is 2.83. The first-order chi connectivity index (χ1) is 10.6. The van der Waals surface area contributed by atoms with Gasteiger partial charge in [0.15, 0.2) is 5.72 Å². The number of ether oxygens (including phenoxy) is 1. The molecule has 1 N–H and O–H groups in total. The molecule has 22 heavy (non-hydrogen) atoms. The molecule has 0 aliphatic carbocycles. The van der Waals surface area contributed by atoms with Crippen molar-refractivity contribution in [2.24, 2.45) is 0 Å². The van der Waals surface area contributed by atoms with Crippen LogP contribution in [0.5, 0.6) is 5.75 Å². The van der Waals surface area contributed by atoms with Gasteiger partial charge in [-0.2, -0.15) is 0 Å². The number of rotatable bonds is 4. The molecule has 4 heteroatoms. The van der Waals surface area contributed by atoms with Crippen LogP contribution in [0.25, 0.3) is 0 Å². The summed E-state index contributed by atoms with van der Waals surface area (Å²) in [7, 11) is 1.63. The third-order valence-electron chi connectivity index (χ3n) is 4.18. The lowest BCUT2D eigenvalue weighted by molar-refractivity contribution is -0.142. The van der Waals surface area contributed by atoms with E-state index in [-0.39, 0.29) is 5.91 Å². The summed E-state index contributed by atoms with van der Waals surface area (Å²) < 4.78 is 5.73. The van der Waals surface area contributed by atoms with Gasteiger partial charge in [0.2, 0.25) is 5.91 Å². The Balaban J connectivity index is 1.69. The zero-order valence-corrected chi connectivity index (χ0v) is 12.5. The van der Waals surface area contributed by atoms with Crippen molar-refractivity contribution in [3.05, 3.63) is 65.7 Å². The molecule has 1 aliphatic rings. The van der Waals surface area contributed by atoms with E-state index in [4.69, 9.17) is 4.74 Å². The molecular formula is C18H19NO3. The summed E-state index contributed by atoms with van der Waals surface area (Å²) in [5.74, 6) is 0.704. The molecule has 0 radical (unpaired) electrons. The monoisotopic (exact) mass is 297 g/mol. The van der Waals surface area contributed by atoms with E-state index in [1.807, 2.05) is 54.6 Å². The minimum Gasteiger partial charge on any atom is -0.489 e. The Morgan fingerprint density at radius 3 is 2.41 bits per heavy atom. The molecule has 3 rings (SSSR count). The fourth-order valence-electron chi connectivity index (χ4n) is 2.72. The SMILES string of the molecule is CN1C(=O)CCC1(O)c1ccc(OCc2ccccc2)cc1. The van der Waals surface area contributed by atoms with Crippen LogP contribution in [-0.2, 0) is 17.1 Å². The number of benzene rings is 2. The second-order valence-electron chi connectivity index (χ2n) is 5.57. The second kappa shape index (κ2) is 5.81. The predicted octanol–water partition coefficient (Wildman–Crippen LogP) is 2.66. The first kappa shape index (κ1) is 14.6. The number of hydrogen-bond acceptors (Lipinski definition) is 3. The Hall–Kier alpha value is -2.33. The van der Waals surface area contributed by atoms with Crippen molar-refractivity contribution in [3.63, 3.8) is 0 Å². The topological polar surface area (TPSA) is 49.8 Å². The van der Waals surface area contributed by atoms with Gasteiger partial charge in [0.05, 0.1) is 0 Å². The fraction of sp³-hybridized carbons (Fsp3) is 0.278. The Labute approximate surface area is 130 Å². The lowest BCUT2D eigenvalue weighted by atomic mass is 10.0. The van der Waals surface area contributed by atoms with Gasteiger partial charge in [0.25, 0.3) is 0 Å². The number of likely N-dealkylation sites (tertiary alicyclic amines) is 1. The van der Waals surface area contributed by atoms with Gasteiger partial charge in [-0.05, 0) is 17.7 Å². The van der Waals surface area contributed by atoms with Crippen LogP contribution in [0.3, 0.4) is 0 Å². The number of aliphatic hydroxyl groups is 1. The van der Waals surface area contributed by atoms with E-state index in [2.05, 4.69) is 0 Å². The largest absolute Gasteiger partial charge is 0.489 e. The summed E-state index contributed by atoms with van der Waals surface area (Å²) in [5.41, 5.74) is 0.619. The quantitative estimate of drug-likeness (QED) is 0.944. The molecule has 1 aliphatic heterocycles. The van der Waals surface area contributed by atoms with Gasteiger partial charge in [-0.1, -0.05) is 42.5 Å². The average molecular weight is 297 g/mol. The second-order valence-corrected chi connectivity index (χ2v) is 5.57. The highest BCUT2D eigenvalue weighted by Crippen LogP contribution is 2.36. The maximum absolute atomic E-state index is 11.6. The number of nitrogens with zero attached hydrogens (tertiary/aromatic N) is 1. The van der Waals surface area contributed by atoms with E-state index in [9.17, 15) is 9.90 Å². The number of hydrogen-bond donors (Lipinski definition) is 1. The molecule has 1 heterocycles. The van der Waals surface area contributed by atoms with E-state index in [1.165, 1.54) is 4.90 Å². The molecule has 114 valence electrons. The summed E-state index contributed by atoms with van der Waals surface area (Å²) in [4.78, 5) is 13.0. The van der Waals surface area contributed by atoms with E-state index in [0.717, 1.165) is 11.3 Å². The van der Waals surface area contributed by atoms with Crippen LogP contribution in [0, 0.1) is 0 Å². The predicted molar refractivity (Wildman–Crippen MR) is 83.1 cm³/mol. The van der Waals surface area contributed by atoms with Crippen LogP contribution in [0.2, 0.25) is 0 Å². The number of carbonyl (C=O) groups excluding carboxylic acids is 1. The van der Waals surface area contributed by atoms with Crippen molar-refractivity contribution in [2.75, 3.05) is 7.05 Å². The lowest BCUT2D eigenvalue weighted by Crippen LogP contribution is -2.40. The van der Waals surface area contributed by atoms with E-state index < -0.39 is 5.72 Å². The summed E-state index contributed by atoms with van der Waals surface area (Å²) in [5, 5.41) is 10.7. The number of amides is 1. The van der Waals surface area contributed by atoms with Crippen LogP contribution in [0.15, 0.2) is 54.6 Å². The molecule has 1 amide bonds. The van der Waals surface area contributed by atoms with Crippen molar-refractivity contribution in [3.8, 4) is 5.75 Å². The molecule has 0 aromatic heterocycles. The van der Waals surface area contributed by atoms with Crippen molar-refractivity contribution in [2.45, 2.75) is 25.2 Å². The molecule has 2 aromatic rings. The van der Waals surface area contributed by atoms with Gasteiger partial charge in [0, 0.05) is 25.5 Å². The highest BCUT2D eigenvalue weighted by atomic mass is 16.5. The standard InChI is InChI=1S/C18H19NO3/c1-19-17(20)11-12-18(19,21)15-7-9-16(10-8-15)22-13-14-5-3-2-4-6-14/h2-10,21H,11-13H2,1H3. The summed E-state index contributed by atoms with van der Waals surface area (Å²) in [6.45, 7) is 0.503. The third-order valence-corrected chi connectivity index (χ3v) is 4.18. The molecule has 0 saturated carbocycles. The van der Waals surface area contributed by atoms with Crippen LogP contribution in [0.1, 0.15) is 24.0 Å². The Morgan fingerprint density at radius 1 is 1.14 bits per heavy atom.